The average Bonchev–Trinajstić information content (AvgIpc) is 2.65. The average molecular weight is 350 g/mol. The maximum atomic E-state index is 12.5. The van der Waals surface area contributed by atoms with E-state index in [2.05, 4.69) is 10.3 Å². The van der Waals surface area contributed by atoms with Crippen molar-refractivity contribution in [2.24, 2.45) is 0 Å². The molecule has 3 rings (SSSR count). The number of hydrogen-bond donors (Lipinski definition) is 2. The summed E-state index contributed by atoms with van der Waals surface area (Å²) in [6.07, 6.45) is 1.39. The first kappa shape index (κ1) is 17.3. The Hall–Kier alpha value is -3.54. The largest absolute Gasteiger partial charge is 0.503 e. The van der Waals surface area contributed by atoms with Crippen LogP contribution in [0.2, 0.25) is 0 Å². The lowest BCUT2D eigenvalue weighted by Gasteiger charge is -2.13. The molecule has 132 valence electrons. The van der Waals surface area contributed by atoms with E-state index in [1.54, 1.807) is 24.3 Å². The minimum atomic E-state index is -0.568. The number of amides is 1. The summed E-state index contributed by atoms with van der Waals surface area (Å²) in [5.74, 6) is 0.423. The van der Waals surface area contributed by atoms with Gasteiger partial charge in [0, 0.05) is 12.3 Å². The monoisotopic (exact) mass is 350 g/mol. The lowest BCUT2D eigenvalue weighted by Crippen LogP contribution is -2.14. The Labute approximate surface area is 151 Å². The number of carbonyl (C=O) groups excluding carboxylic acids is 1. The Morgan fingerprint density at radius 1 is 1.04 bits per heavy atom. The number of benzene rings is 2. The van der Waals surface area contributed by atoms with Gasteiger partial charge in [0.1, 0.15) is 5.75 Å². The zero-order chi connectivity index (χ0) is 18.5. The number of aromatic nitrogens is 1. The number of nitrogens with zero attached hydrogens (tertiary/aromatic N) is 1. The molecule has 26 heavy (non-hydrogen) atoms. The van der Waals surface area contributed by atoms with Gasteiger partial charge in [-0.2, -0.15) is 0 Å². The van der Waals surface area contributed by atoms with Crippen LogP contribution in [0.4, 0.5) is 5.69 Å². The Balaban J connectivity index is 1.84. The number of hydrogen-bond acceptors (Lipinski definition) is 5. The van der Waals surface area contributed by atoms with Crippen LogP contribution in [0.3, 0.4) is 0 Å². The molecule has 0 spiro atoms. The maximum absolute atomic E-state index is 12.5. The fraction of sp³-hybridized carbons (Fsp3) is 0.100. The first-order valence-electron chi connectivity index (χ1n) is 7.95. The lowest BCUT2D eigenvalue weighted by molar-refractivity contribution is 0.101. The third kappa shape index (κ3) is 3.75. The number of carbonyl (C=O) groups is 1. The van der Waals surface area contributed by atoms with E-state index >= 15 is 0 Å². The number of para-hydroxylation sites is 2. The summed E-state index contributed by atoms with van der Waals surface area (Å²) in [6, 6.07) is 16.1. The van der Waals surface area contributed by atoms with Crippen molar-refractivity contribution in [1.82, 2.24) is 4.98 Å². The number of rotatable bonds is 5. The minimum Gasteiger partial charge on any atom is -0.503 e. The predicted octanol–water partition coefficient (Wildman–Crippen LogP) is 4.15. The van der Waals surface area contributed by atoms with E-state index in [4.69, 9.17) is 9.47 Å². The van der Waals surface area contributed by atoms with E-state index in [9.17, 15) is 9.90 Å². The van der Waals surface area contributed by atoms with Crippen molar-refractivity contribution < 1.29 is 19.4 Å². The molecule has 0 atom stereocenters. The van der Waals surface area contributed by atoms with E-state index in [1.807, 2.05) is 31.2 Å². The Morgan fingerprint density at radius 3 is 2.50 bits per heavy atom. The summed E-state index contributed by atoms with van der Waals surface area (Å²) in [4.78, 5) is 16.4. The number of aromatic hydroxyl groups is 1. The summed E-state index contributed by atoms with van der Waals surface area (Å²) in [6.45, 7) is 1.99. The molecule has 0 fully saturated rings. The molecule has 0 aliphatic rings. The number of ether oxygens (including phenoxy) is 2. The summed E-state index contributed by atoms with van der Waals surface area (Å²) in [5, 5.41) is 12.8. The molecule has 0 saturated carbocycles. The van der Waals surface area contributed by atoms with Gasteiger partial charge in [-0.15, -0.1) is 0 Å². The first-order valence-corrected chi connectivity index (χ1v) is 7.95. The van der Waals surface area contributed by atoms with Gasteiger partial charge in [0.2, 0.25) is 0 Å². The van der Waals surface area contributed by atoms with E-state index in [0.29, 0.717) is 17.2 Å². The second-order valence-electron chi connectivity index (χ2n) is 5.58. The van der Waals surface area contributed by atoms with Crippen molar-refractivity contribution in [3.05, 3.63) is 72.1 Å². The topological polar surface area (TPSA) is 80.7 Å². The van der Waals surface area contributed by atoms with Gasteiger partial charge in [0.25, 0.3) is 5.91 Å². The molecule has 0 aliphatic heterocycles. The van der Waals surface area contributed by atoms with Gasteiger partial charge >= 0.3 is 0 Å². The Morgan fingerprint density at radius 2 is 1.77 bits per heavy atom. The zero-order valence-electron chi connectivity index (χ0n) is 14.4. The van der Waals surface area contributed by atoms with Gasteiger partial charge in [-0.25, -0.2) is 4.98 Å². The van der Waals surface area contributed by atoms with Crippen LogP contribution >= 0.6 is 0 Å². The third-order valence-corrected chi connectivity index (χ3v) is 3.71. The highest BCUT2D eigenvalue weighted by atomic mass is 16.5. The van der Waals surface area contributed by atoms with E-state index < -0.39 is 5.91 Å². The summed E-state index contributed by atoms with van der Waals surface area (Å²) >= 11 is 0. The second-order valence-corrected chi connectivity index (χ2v) is 5.58. The molecule has 0 unspecified atom stereocenters. The SMILES string of the molecule is COc1ccnc(C(=O)Nc2ccccc2Oc2ccc(C)cc2)c1O. The van der Waals surface area contributed by atoms with Crippen molar-refractivity contribution in [3.8, 4) is 23.0 Å². The molecule has 0 aliphatic carbocycles. The van der Waals surface area contributed by atoms with Crippen molar-refractivity contribution in [2.75, 3.05) is 12.4 Å². The number of anilines is 1. The van der Waals surface area contributed by atoms with Gasteiger partial charge < -0.3 is 19.9 Å². The fourth-order valence-electron chi connectivity index (χ4n) is 2.34. The smallest absolute Gasteiger partial charge is 0.278 e. The molecular weight excluding hydrogens is 332 g/mol. The van der Waals surface area contributed by atoms with Gasteiger partial charge in [-0.1, -0.05) is 29.8 Å². The molecule has 6 heteroatoms. The van der Waals surface area contributed by atoms with Crippen LogP contribution < -0.4 is 14.8 Å². The zero-order valence-corrected chi connectivity index (χ0v) is 14.4. The van der Waals surface area contributed by atoms with Crippen LogP contribution in [0.15, 0.2) is 60.8 Å². The van der Waals surface area contributed by atoms with Gasteiger partial charge in [-0.3, -0.25) is 4.79 Å². The van der Waals surface area contributed by atoms with Gasteiger partial charge in [-0.05, 0) is 31.2 Å². The van der Waals surface area contributed by atoms with Gasteiger partial charge in [0.15, 0.2) is 22.9 Å². The van der Waals surface area contributed by atoms with Crippen LogP contribution in [0, 0.1) is 6.92 Å². The Bertz CT molecular complexity index is 923. The van der Waals surface area contributed by atoms with Crippen molar-refractivity contribution in [1.29, 1.82) is 0 Å². The molecule has 1 aromatic heterocycles. The van der Waals surface area contributed by atoms with Crippen LogP contribution in [0.25, 0.3) is 0 Å². The van der Waals surface area contributed by atoms with E-state index in [1.165, 1.54) is 19.4 Å². The van der Waals surface area contributed by atoms with Crippen LogP contribution in [-0.2, 0) is 0 Å². The Kier molecular flexibility index (Phi) is 5.03. The molecule has 2 N–H and O–H groups in total. The first-order chi connectivity index (χ1) is 12.6. The highest BCUT2D eigenvalue weighted by Crippen LogP contribution is 2.32. The van der Waals surface area contributed by atoms with Gasteiger partial charge in [0.05, 0.1) is 12.8 Å². The van der Waals surface area contributed by atoms with Crippen molar-refractivity contribution >= 4 is 11.6 Å². The van der Waals surface area contributed by atoms with Crippen LogP contribution in [-0.4, -0.2) is 23.1 Å². The summed E-state index contributed by atoms with van der Waals surface area (Å²) in [5.41, 5.74) is 1.45. The molecule has 0 bridgehead atoms. The summed E-state index contributed by atoms with van der Waals surface area (Å²) < 4.78 is 10.9. The molecule has 0 radical (unpaired) electrons. The van der Waals surface area contributed by atoms with E-state index in [0.717, 1.165) is 5.56 Å². The van der Waals surface area contributed by atoms with Crippen LogP contribution in [0.5, 0.6) is 23.0 Å². The normalized spacial score (nSPS) is 10.2. The predicted molar refractivity (Wildman–Crippen MR) is 98.1 cm³/mol. The third-order valence-electron chi connectivity index (χ3n) is 3.71. The molecular formula is C20H18N2O4. The summed E-state index contributed by atoms with van der Waals surface area (Å²) in [7, 11) is 1.40. The number of pyridine rings is 1. The molecule has 2 aromatic carbocycles. The molecule has 3 aromatic rings. The van der Waals surface area contributed by atoms with Crippen molar-refractivity contribution in [3.63, 3.8) is 0 Å². The highest BCUT2D eigenvalue weighted by Gasteiger charge is 2.18. The maximum Gasteiger partial charge on any atom is 0.278 e. The number of nitrogens with one attached hydrogen (secondary N) is 1. The number of aryl methyl sites for hydroxylation is 1. The van der Waals surface area contributed by atoms with Crippen molar-refractivity contribution in [2.45, 2.75) is 6.92 Å². The van der Waals surface area contributed by atoms with Crippen LogP contribution in [0.1, 0.15) is 16.1 Å². The molecule has 1 heterocycles. The fourth-order valence-corrected chi connectivity index (χ4v) is 2.34. The lowest BCUT2D eigenvalue weighted by atomic mass is 10.2. The minimum absolute atomic E-state index is 0.130. The van der Waals surface area contributed by atoms with E-state index in [-0.39, 0.29) is 17.2 Å². The number of methoxy groups -OCH3 is 1. The second kappa shape index (κ2) is 7.57. The molecule has 1 amide bonds. The molecule has 6 nitrogen and oxygen atoms in total. The highest BCUT2D eigenvalue weighted by molar-refractivity contribution is 6.05. The standard InChI is InChI=1S/C20H18N2O4/c1-13-7-9-14(10-8-13)26-16-6-4-3-5-15(16)22-20(24)18-19(23)17(25-2)11-12-21-18/h3-12,23H,1-2H3,(H,22,24). The quantitative estimate of drug-likeness (QED) is 0.722. The molecule has 0 saturated heterocycles.